The third-order valence-corrected chi connectivity index (χ3v) is 6.82. The van der Waals surface area contributed by atoms with E-state index >= 15 is 0 Å². The van der Waals surface area contributed by atoms with Crippen molar-refractivity contribution in [2.24, 2.45) is 0 Å². The minimum Gasteiger partial charge on any atom is -0.394 e. The van der Waals surface area contributed by atoms with Crippen molar-refractivity contribution in [2.75, 3.05) is 6.61 Å². The fraction of sp³-hybridized carbons (Fsp3) is 0.333. The Bertz CT molecular complexity index is 1130. The van der Waals surface area contributed by atoms with Crippen LogP contribution < -0.4 is 0 Å². The van der Waals surface area contributed by atoms with E-state index in [1.54, 1.807) is 18.2 Å². The Morgan fingerprint density at radius 3 is 2.42 bits per heavy atom. The van der Waals surface area contributed by atoms with Crippen molar-refractivity contribution in [3.8, 4) is 11.3 Å². The lowest BCUT2D eigenvalue weighted by atomic mass is 9.97. The molecule has 176 valence electrons. The molecule has 1 fully saturated rings. The Morgan fingerprint density at radius 1 is 1.09 bits per heavy atom. The van der Waals surface area contributed by atoms with Crippen molar-refractivity contribution in [3.63, 3.8) is 0 Å². The Balaban J connectivity index is 1.64. The number of aliphatic hydroxyl groups excluding tert-OH is 3. The molecule has 12 heteroatoms. The highest BCUT2D eigenvalue weighted by molar-refractivity contribution is 7.99. The zero-order chi connectivity index (χ0) is 23.9. The van der Waals surface area contributed by atoms with Crippen molar-refractivity contribution in [2.45, 2.75) is 41.6 Å². The second kappa shape index (κ2) is 9.83. The fourth-order valence-corrected chi connectivity index (χ4v) is 5.45. The van der Waals surface area contributed by atoms with Gasteiger partial charge in [0.05, 0.1) is 12.8 Å². The molecule has 0 amide bonds. The third-order valence-electron chi connectivity index (χ3n) is 5.26. The standard InChI is InChI=1S/C21H19Cl2F2N3O4S/c1-9-2-10(3-14(24)17(9)25)15-7-28(27-26-15)18-19(30)16(8-29)32-21(20(18)31)33-13-5-11(22)4-12(23)6-13/h2-7,16,18-21,29-31H,8H2,1H3/t16?,18-,19-,20?,21+/m0/s1. The van der Waals surface area contributed by atoms with Crippen molar-refractivity contribution in [1.29, 1.82) is 0 Å². The summed E-state index contributed by atoms with van der Waals surface area (Å²) in [5, 5.41) is 40.2. The number of nitrogens with zero attached hydrogens (tertiary/aromatic N) is 3. The first kappa shape index (κ1) is 24.3. The minimum absolute atomic E-state index is 0.0997. The van der Waals surface area contributed by atoms with Crippen LogP contribution in [0.2, 0.25) is 10.0 Å². The molecule has 5 atom stereocenters. The molecule has 4 rings (SSSR count). The van der Waals surface area contributed by atoms with E-state index in [0.29, 0.717) is 14.9 Å². The summed E-state index contributed by atoms with van der Waals surface area (Å²) in [5.74, 6) is -1.98. The molecule has 7 nitrogen and oxygen atoms in total. The van der Waals surface area contributed by atoms with Crippen molar-refractivity contribution < 1.29 is 28.8 Å². The number of rotatable bonds is 5. The zero-order valence-electron chi connectivity index (χ0n) is 17.1. The maximum absolute atomic E-state index is 13.8. The molecule has 0 saturated carbocycles. The second-order valence-corrected chi connectivity index (χ2v) is 9.64. The van der Waals surface area contributed by atoms with Crippen LogP contribution in [0.4, 0.5) is 8.78 Å². The van der Waals surface area contributed by atoms with E-state index in [1.807, 2.05) is 0 Å². The first-order chi connectivity index (χ1) is 15.7. The molecule has 0 radical (unpaired) electrons. The third kappa shape index (κ3) is 5.02. The van der Waals surface area contributed by atoms with E-state index < -0.39 is 48.0 Å². The van der Waals surface area contributed by atoms with Gasteiger partial charge in [0.1, 0.15) is 35.5 Å². The van der Waals surface area contributed by atoms with Crippen LogP contribution in [0.15, 0.2) is 41.4 Å². The number of ether oxygens (including phenoxy) is 1. The Hall–Kier alpha value is -1.79. The highest BCUT2D eigenvalue weighted by Crippen LogP contribution is 2.39. The summed E-state index contributed by atoms with van der Waals surface area (Å²) in [4.78, 5) is 0.611. The summed E-state index contributed by atoms with van der Waals surface area (Å²) in [7, 11) is 0. The fourth-order valence-electron chi connectivity index (χ4n) is 3.64. The highest BCUT2D eigenvalue weighted by atomic mass is 35.5. The zero-order valence-corrected chi connectivity index (χ0v) is 19.4. The number of aryl methyl sites for hydroxylation is 1. The SMILES string of the molecule is Cc1cc(-c2cn([C@@H]3C(O)[C@@H](Sc4cc(Cl)cc(Cl)c4)OC(CO)[C@@H]3O)nn2)cc(F)c1F. The first-order valence-electron chi connectivity index (χ1n) is 9.81. The number of benzene rings is 2. The molecule has 0 aliphatic carbocycles. The molecule has 1 saturated heterocycles. The van der Waals surface area contributed by atoms with E-state index in [-0.39, 0.29) is 16.8 Å². The van der Waals surface area contributed by atoms with Crippen LogP contribution in [0.3, 0.4) is 0 Å². The predicted molar refractivity (Wildman–Crippen MR) is 119 cm³/mol. The molecular formula is C21H19Cl2F2N3O4S. The molecule has 33 heavy (non-hydrogen) atoms. The van der Waals surface area contributed by atoms with Gasteiger partial charge in [0.25, 0.3) is 0 Å². The number of hydrogen-bond donors (Lipinski definition) is 3. The Labute approximate surface area is 201 Å². The molecular weight excluding hydrogens is 499 g/mol. The van der Waals surface area contributed by atoms with Crippen molar-refractivity contribution >= 4 is 35.0 Å². The van der Waals surface area contributed by atoms with Crippen LogP contribution in [-0.2, 0) is 4.74 Å². The van der Waals surface area contributed by atoms with Crippen LogP contribution in [0.25, 0.3) is 11.3 Å². The average molecular weight is 518 g/mol. The molecule has 1 aliphatic heterocycles. The molecule has 2 heterocycles. The molecule has 0 bridgehead atoms. The quantitative estimate of drug-likeness (QED) is 0.475. The molecule has 2 unspecified atom stereocenters. The number of thioether (sulfide) groups is 1. The predicted octanol–water partition coefficient (Wildman–Crippen LogP) is 3.61. The van der Waals surface area contributed by atoms with Gasteiger partial charge in [0.2, 0.25) is 0 Å². The first-order valence-corrected chi connectivity index (χ1v) is 11.4. The van der Waals surface area contributed by atoms with E-state index in [2.05, 4.69) is 10.3 Å². The number of aliphatic hydroxyl groups is 3. The largest absolute Gasteiger partial charge is 0.394 e. The topological polar surface area (TPSA) is 101 Å². The van der Waals surface area contributed by atoms with E-state index in [4.69, 9.17) is 27.9 Å². The summed E-state index contributed by atoms with van der Waals surface area (Å²) in [5.41, 5.74) is -0.313. The van der Waals surface area contributed by atoms with E-state index in [0.717, 1.165) is 17.8 Å². The summed E-state index contributed by atoms with van der Waals surface area (Å²) < 4.78 is 34.4. The smallest absolute Gasteiger partial charge is 0.161 e. The van der Waals surface area contributed by atoms with E-state index in [1.165, 1.54) is 23.9 Å². The molecule has 1 aromatic heterocycles. The van der Waals surface area contributed by atoms with E-state index in [9.17, 15) is 24.1 Å². The van der Waals surface area contributed by atoms with Gasteiger partial charge in [0.15, 0.2) is 11.6 Å². The average Bonchev–Trinajstić information content (AvgIpc) is 3.23. The van der Waals surface area contributed by atoms with Crippen molar-refractivity contribution in [3.05, 3.63) is 63.8 Å². The van der Waals surface area contributed by atoms with Gasteiger partial charge in [-0.25, -0.2) is 13.5 Å². The lowest BCUT2D eigenvalue weighted by Crippen LogP contribution is -2.55. The normalized spacial score (nSPS) is 25.4. The van der Waals surface area contributed by atoms with Crippen LogP contribution in [0, 0.1) is 18.6 Å². The lowest BCUT2D eigenvalue weighted by molar-refractivity contribution is -0.178. The summed E-state index contributed by atoms with van der Waals surface area (Å²) in [6.07, 6.45) is -2.23. The summed E-state index contributed by atoms with van der Waals surface area (Å²) >= 11 is 13.2. The maximum atomic E-state index is 13.8. The van der Waals surface area contributed by atoms with Gasteiger partial charge in [-0.05, 0) is 42.8 Å². The van der Waals surface area contributed by atoms with Crippen molar-refractivity contribution in [1.82, 2.24) is 15.0 Å². The summed E-state index contributed by atoms with van der Waals surface area (Å²) in [6.45, 7) is 0.912. The molecule has 2 aromatic carbocycles. The second-order valence-electron chi connectivity index (χ2n) is 7.59. The molecule has 3 aromatic rings. The van der Waals surface area contributed by atoms with Gasteiger partial charge < -0.3 is 20.1 Å². The number of hydrogen-bond acceptors (Lipinski definition) is 7. The van der Waals surface area contributed by atoms with Crippen LogP contribution >= 0.6 is 35.0 Å². The maximum Gasteiger partial charge on any atom is 0.161 e. The summed E-state index contributed by atoms with van der Waals surface area (Å²) in [6, 6.07) is 6.21. The Morgan fingerprint density at radius 2 is 1.79 bits per heavy atom. The lowest BCUT2D eigenvalue weighted by Gasteiger charge is -2.41. The van der Waals surface area contributed by atoms with Gasteiger partial charge in [0, 0.05) is 20.5 Å². The highest BCUT2D eigenvalue weighted by Gasteiger charge is 2.46. The van der Waals surface area contributed by atoms with Crippen LogP contribution in [0.1, 0.15) is 11.6 Å². The van der Waals surface area contributed by atoms with Gasteiger partial charge in [-0.3, -0.25) is 0 Å². The van der Waals surface area contributed by atoms with Gasteiger partial charge in [-0.1, -0.05) is 40.2 Å². The van der Waals surface area contributed by atoms with Crippen LogP contribution in [-0.4, -0.2) is 60.7 Å². The minimum atomic E-state index is -1.33. The molecule has 1 aliphatic rings. The monoisotopic (exact) mass is 517 g/mol. The molecule has 3 N–H and O–H groups in total. The molecule has 0 spiro atoms. The number of halogens is 4. The van der Waals surface area contributed by atoms with Gasteiger partial charge in [-0.15, -0.1) is 5.10 Å². The van der Waals surface area contributed by atoms with Gasteiger partial charge in [-0.2, -0.15) is 0 Å². The Kier molecular flexibility index (Phi) is 7.25. The van der Waals surface area contributed by atoms with Crippen LogP contribution in [0.5, 0.6) is 0 Å². The van der Waals surface area contributed by atoms with Gasteiger partial charge >= 0.3 is 0 Å². The number of aromatic nitrogens is 3.